The molecule has 1 unspecified atom stereocenters. The van der Waals surface area contributed by atoms with E-state index in [0.29, 0.717) is 27.3 Å². The van der Waals surface area contributed by atoms with Gasteiger partial charge in [0.15, 0.2) is 11.7 Å². The molecule has 0 spiro atoms. The Labute approximate surface area is 155 Å². The van der Waals surface area contributed by atoms with Crippen LogP contribution in [0.3, 0.4) is 0 Å². The maximum atomic E-state index is 12.1. The van der Waals surface area contributed by atoms with Gasteiger partial charge in [-0.2, -0.15) is 0 Å². The van der Waals surface area contributed by atoms with E-state index in [2.05, 4.69) is 24.1 Å². The topological polar surface area (TPSA) is 51.2 Å². The number of nitrogens with zero attached hydrogens (tertiary/aromatic N) is 1. The van der Waals surface area contributed by atoms with Crippen molar-refractivity contribution in [3.63, 3.8) is 0 Å². The number of aromatic nitrogens is 1. The molecule has 0 aliphatic heterocycles. The number of amides is 1. The van der Waals surface area contributed by atoms with Gasteiger partial charge in [0, 0.05) is 0 Å². The second kappa shape index (κ2) is 7.85. The molecule has 3 rings (SSSR count). The number of para-hydroxylation sites is 1. The number of anilines is 1. The highest BCUT2D eigenvalue weighted by molar-refractivity contribution is 7.22. The molecule has 6 heteroatoms. The summed E-state index contributed by atoms with van der Waals surface area (Å²) >= 11 is 7.49. The average Bonchev–Trinajstić information content (AvgIpc) is 3.03. The van der Waals surface area contributed by atoms with E-state index in [4.69, 9.17) is 16.3 Å². The molecule has 0 saturated carbocycles. The van der Waals surface area contributed by atoms with Gasteiger partial charge < -0.3 is 4.74 Å². The minimum Gasteiger partial charge on any atom is -0.484 e. The summed E-state index contributed by atoms with van der Waals surface area (Å²) in [6, 6.07) is 13.4. The molecule has 1 atom stereocenters. The number of hydrogen-bond acceptors (Lipinski definition) is 4. The molecule has 0 bridgehead atoms. The van der Waals surface area contributed by atoms with Crippen LogP contribution < -0.4 is 10.1 Å². The fourth-order valence-corrected chi connectivity index (χ4v) is 3.58. The molecule has 1 N–H and O–H groups in total. The van der Waals surface area contributed by atoms with E-state index >= 15 is 0 Å². The van der Waals surface area contributed by atoms with E-state index in [-0.39, 0.29) is 12.5 Å². The van der Waals surface area contributed by atoms with Crippen LogP contribution in [0.5, 0.6) is 5.75 Å². The predicted molar refractivity (Wildman–Crippen MR) is 104 cm³/mol. The Hall–Kier alpha value is -2.11. The summed E-state index contributed by atoms with van der Waals surface area (Å²) in [7, 11) is 0. The summed E-state index contributed by atoms with van der Waals surface area (Å²) in [4.78, 5) is 16.4. The van der Waals surface area contributed by atoms with Crippen LogP contribution in [0.2, 0.25) is 5.02 Å². The lowest BCUT2D eigenvalue weighted by Gasteiger charge is -2.10. The van der Waals surface area contributed by atoms with E-state index in [1.807, 2.05) is 36.4 Å². The molecule has 3 aromatic rings. The van der Waals surface area contributed by atoms with Gasteiger partial charge in [-0.05, 0) is 42.2 Å². The third kappa shape index (κ3) is 4.30. The van der Waals surface area contributed by atoms with Gasteiger partial charge in [0.1, 0.15) is 11.3 Å². The molecule has 0 aliphatic rings. The number of carbonyl (C=O) groups is 1. The molecule has 0 radical (unpaired) electrons. The van der Waals surface area contributed by atoms with Crippen LogP contribution in [-0.2, 0) is 4.79 Å². The van der Waals surface area contributed by atoms with Crippen molar-refractivity contribution >= 4 is 44.2 Å². The highest BCUT2D eigenvalue weighted by atomic mass is 35.5. The number of hydrogen-bond donors (Lipinski definition) is 1. The Kier molecular flexibility index (Phi) is 5.56. The van der Waals surface area contributed by atoms with E-state index < -0.39 is 0 Å². The SMILES string of the molecule is CCC(C)c1ccc(OCC(=O)Nc2nc3c(Cl)cccc3s2)cc1. The van der Waals surface area contributed by atoms with Crippen LogP contribution in [0.1, 0.15) is 31.7 Å². The Morgan fingerprint density at radius 1 is 1.28 bits per heavy atom. The van der Waals surface area contributed by atoms with Crippen LogP contribution >= 0.6 is 22.9 Å². The van der Waals surface area contributed by atoms with Crippen LogP contribution in [0, 0.1) is 0 Å². The van der Waals surface area contributed by atoms with Gasteiger partial charge in [-0.15, -0.1) is 0 Å². The number of ether oxygens (including phenoxy) is 1. The molecule has 0 saturated heterocycles. The summed E-state index contributed by atoms with van der Waals surface area (Å²) in [5, 5.41) is 3.85. The van der Waals surface area contributed by atoms with Crippen LogP contribution in [-0.4, -0.2) is 17.5 Å². The van der Waals surface area contributed by atoms with Crippen molar-refractivity contribution in [2.24, 2.45) is 0 Å². The standard InChI is InChI=1S/C19H19ClN2O2S/c1-3-12(2)13-7-9-14(10-8-13)24-11-17(23)21-19-22-18-15(20)5-4-6-16(18)25-19/h4-10,12H,3,11H2,1-2H3,(H,21,22,23). The molecule has 0 aliphatic carbocycles. The number of nitrogens with one attached hydrogen (secondary N) is 1. The Balaban J connectivity index is 1.58. The van der Waals surface area contributed by atoms with E-state index in [1.165, 1.54) is 16.9 Å². The molecule has 1 aromatic heterocycles. The van der Waals surface area contributed by atoms with Crippen molar-refractivity contribution in [3.8, 4) is 5.75 Å². The molecule has 4 nitrogen and oxygen atoms in total. The van der Waals surface area contributed by atoms with E-state index in [9.17, 15) is 4.79 Å². The second-order valence-corrected chi connectivity index (χ2v) is 7.26. The highest BCUT2D eigenvalue weighted by Crippen LogP contribution is 2.30. The lowest BCUT2D eigenvalue weighted by atomic mass is 9.99. The molecule has 25 heavy (non-hydrogen) atoms. The number of fused-ring (bicyclic) bond motifs is 1. The molecular weight excluding hydrogens is 356 g/mol. The number of carbonyl (C=O) groups excluding carboxylic acids is 1. The van der Waals surface area contributed by atoms with Crippen molar-refractivity contribution in [1.82, 2.24) is 4.98 Å². The Bertz CT molecular complexity index is 877. The summed E-state index contributed by atoms with van der Waals surface area (Å²) < 4.78 is 6.48. The highest BCUT2D eigenvalue weighted by Gasteiger charge is 2.10. The first kappa shape index (κ1) is 17.7. The monoisotopic (exact) mass is 374 g/mol. The van der Waals surface area contributed by atoms with Gasteiger partial charge in [0.05, 0.1) is 9.72 Å². The molecule has 1 amide bonds. The molecule has 0 fully saturated rings. The van der Waals surface area contributed by atoms with Gasteiger partial charge in [0.2, 0.25) is 0 Å². The third-order valence-electron chi connectivity index (χ3n) is 4.05. The normalized spacial score (nSPS) is 12.1. The van der Waals surface area contributed by atoms with Gasteiger partial charge in [-0.25, -0.2) is 4.98 Å². The van der Waals surface area contributed by atoms with Crippen molar-refractivity contribution in [2.45, 2.75) is 26.2 Å². The fraction of sp³-hybridized carbons (Fsp3) is 0.263. The largest absolute Gasteiger partial charge is 0.484 e. The van der Waals surface area contributed by atoms with Crippen molar-refractivity contribution in [2.75, 3.05) is 11.9 Å². The summed E-state index contributed by atoms with van der Waals surface area (Å²) in [6.45, 7) is 4.29. The van der Waals surface area contributed by atoms with Crippen LogP contribution in [0.25, 0.3) is 10.2 Å². The zero-order valence-corrected chi connectivity index (χ0v) is 15.7. The zero-order valence-electron chi connectivity index (χ0n) is 14.1. The minimum atomic E-state index is -0.249. The average molecular weight is 375 g/mol. The maximum absolute atomic E-state index is 12.1. The number of benzene rings is 2. The molecule has 2 aromatic carbocycles. The maximum Gasteiger partial charge on any atom is 0.264 e. The Morgan fingerprint density at radius 3 is 2.72 bits per heavy atom. The lowest BCUT2D eigenvalue weighted by Crippen LogP contribution is -2.20. The summed E-state index contributed by atoms with van der Waals surface area (Å²) in [6.07, 6.45) is 1.09. The lowest BCUT2D eigenvalue weighted by molar-refractivity contribution is -0.118. The van der Waals surface area contributed by atoms with Crippen molar-refractivity contribution in [1.29, 1.82) is 0 Å². The first-order valence-electron chi connectivity index (χ1n) is 8.14. The first-order chi connectivity index (χ1) is 12.1. The van der Waals surface area contributed by atoms with E-state index in [0.717, 1.165) is 11.1 Å². The first-order valence-corrected chi connectivity index (χ1v) is 9.34. The summed E-state index contributed by atoms with van der Waals surface area (Å²) in [5.74, 6) is 0.943. The fourth-order valence-electron chi connectivity index (χ4n) is 2.40. The van der Waals surface area contributed by atoms with Gasteiger partial charge in [-0.3, -0.25) is 10.1 Å². The van der Waals surface area contributed by atoms with Crippen molar-refractivity contribution < 1.29 is 9.53 Å². The van der Waals surface area contributed by atoms with E-state index in [1.54, 1.807) is 6.07 Å². The van der Waals surface area contributed by atoms with Gasteiger partial charge >= 0.3 is 0 Å². The number of rotatable bonds is 6. The molecular formula is C19H19ClN2O2S. The zero-order chi connectivity index (χ0) is 17.8. The van der Waals surface area contributed by atoms with Gasteiger partial charge in [0.25, 0.3) is 5.91 Å². The second-order valence-electron chi connectivity index (χ2n) is 5.82. The van der Waals surface area contributed by atoms with Gasteiger partial charge in [-0.1, -0.05) is 55.0 Å². The number of thiazole rings is 1. The molecule has 130 valence electrons. The molecule has 1 heterocycles. The van der Waals surface area contributed by atoms with Crippen molar-refractivity contribution in [3.05, 3.63) is 53.1 Å². The summed E-state index contributed by atoms with van der Waals surface area (Å²) in [5.41, 5.74) is 1.97. The quantitative estimate of drug-likeness (QED) is 0.621. The number of halogens is 1. The predicted octanol–water partition coefficient (Wildman–Crippen LogP) is 5.48. The van der Waals surface area contributed by atoms with Crippen LogP contribution in [0.4, 0.5) is 5.13 Å². The minimum absolute atomic E-state index is 0.0632. The smallest absolute Gasteiger partial charge is 0.264 e. The Morgan fingerprint density at radius 2 is 2.04 bits per heavy atom. The third-order valence-corrected chi connectivity index (χ3v) is 5.29. The van der Waals surface area contributed by atoms with Crippen LogP contribution in [0.15, 0.2) is 42.5 Å².